The van der Waals surface area contributed by atoms with Crippen LogP contribution in [0.2, 0.25) is 5.02 Å². The first-order chi connectivity index (χ1) is 13.6. The van der Waals surface area contributed by atoms with Gasteiger partial charge in [-0.05, 0) is 53.1 Å². The molecule has 0 unspecified atom stereocenters. The maximum absolute atomic E-state index is 11.8. The number of nitrogens with one attached hydrogen (secondary N) is 1. The molecule has 0 saturated carbocycles. The van der Waals surface area contributed by atoms with Crippen LogP contribution in [0.25, 0.3) is 11.1 Å². The molecule has 0 spiro atoms. The number of halogens is 1. The molecule has 3 aromatic carbocycles. The van der Waals surface area contributed by atoms with E-state index in [1.165, 1.54) is 12.1 Å². The number of sulfonamides is 1. The van der Waals surface area contributed by atoms with E-state index >= 15 is 0 Å². The Kier molecular flexibility index (Phi) is 5.78. The third-order valence-electron chi connectivity index (χ3n) is 4.36. The largest absolute Gasteiger partial charge is 0.396 e. The number of rotatable bonds is 6. The number of anilines is 2. The summed E-state index contributed by atoms with van der Waals surface area (Å²) in [6.45, 7) is 0.345. The molecule has 9 heteroatoms. The van der Waals surface area contributed by atoms with E-state index in [-0.39, 0.29) is 16.1 Å². The Labute approximate surface area is 173 Å². The van der Waals surface area contributed by atoms with Gasteiger partial charge < -0.3 is 16.8 Å². The molecule has 0 atom stereocenters. The van der Waals surface area contributed by atoms with Crippen molar-refractivity contribution < 1.29 is 13.2 Å². The molecule has 7 nitrogen and oxygen atoms in total. The Hall–Kier alpha value is -3.07. The Balaban J connectivity index is 1.91. The molecule has 0 aromatic heterocycles. The van der Waals surface area contributed by atoms with E-state index in [0.717, 1.165) is 16.7 Å². The fourth-order valence-electron chi connectivity index (χ4n) is 2.81. The SMILES string of the molecule is NC(=O)c1cc(-c2ccc(Cl)cc2)cc(NCc2ccc(S(N)(=O)=O)cc2)c1N. The van der Waals surface area contributed by atoms with Gasteiger partial charge in [0.1, 0.15) is 0 Å². The lowest BCUT2D eigenvalue weighted by Crippen LogP contribution is -2.15. The smallest absolute Gasteiger partial charge is 0.250 e. The number of hydrogen-bond acceptors (Lipinski definition) is 5. The molecule has 7 N–H and O–H groups in total. The van der Waals surface area contributed by atoms with Crippen molar-refractivity contribution in [1.82, 2.24) is 0 Å². The molecule has 0 fully saturated rings. The number of hydrogen-bond donors (Lipinski definition) is 4. The van der Waals surface area contributed by atoms with Crippen LogP contribution in [-0.4, -0.2) is 14.3 Å². The van der Waals surface area contributed by atoms with Crippen molar-refractivity contribution in [2.24, 2.45) is 10.9 Å². The number of primary amides is 1. The normalized spacial score (nSPS) is 11.2. The van der Waals surface area contributed by atoms with Crippen LogP contribution in [0.4, 0.5) is 11.4 Å². The first-order valence-corrected chi connectivity index (χ1v) is 10.4. The van der Waals surface area contributed by atoms with Crippen LogP contribution in [0, 0.1) is 0 Å². The van der Waals surface area contributed by atoms with Crippen LogP contribution in [0.5, 0.6) is 0 Å². The van der Waals surface area contributed by atoms with Gasteiger partial charge in [-0.1, -0.05) is 35.9 Å². The minimum absolute atomic E-state index is 0.0292. The number of nitrogen functional groups attached to an aromatic ring is 1. The van der Waals surface area contributed by atoms with Crippen molar-refractivity contribution in [3.05, 3.63) is 76.8 Å². The van der Waals surface area contributed by atoms with Crippen molar-refractivity contribution in [2.45, 2.75) is 11.4 Å². The molecule has 0 saturated heterocycles. The van der Waals surface area contributed by atoms with Gasteiger partial charge in [0.05, 0.1) is 21.8 Å². The van der Waals surface area contributed by atoms with E-state index in [1.54, 1.807) is 30.3 Å². The number of amides is 1. The molecule has 0 bridgehead atoms. The zero-order valence-electron chi connectivity index (χ0n) is 15.2. The van der Waals surface area contributed by atoms with Crippen LogP contribution in [-0.2, 0) is 16.6 Å². The highest BCUT2D eigenvalue weighted by atomic mass is 35.5. The van der Waals surface area contributed by atoms with Crippen LogP contribution in [0.1, 0.15) is 15.9 Å². The van der Waals surface area contributed by atoms with Crippen LogP contribution >= 0.6 is 11.6 Å². The fourth-order valence-corrected chi connectivity index (χ4v) is 3.45. The highest BCUT2D eigenvalue weighted by molar-refractivity contribution is 7.89. The molecular formula is C20H19ClN4O3S. The fraction of sp³-hybridized carbons (Fsp3) is 0.0500. The average Bonchev–Trinajstić information content (AvgIpc) is 2.67. The first-order valence-electron chi connectivity index (χ1n) is 8.50. The van der Waals surface area contributed by atoms with Crippen LogP contribution in [0.15, 0.2) is 65.6 Å². The van der Waals surface area contributed by atoms with Crippen LogP contribution in [0.3, 0.4) is 0 Å². The van der Waals surface area contributed by atoms with Gasteiger partial charge >= 0.3 is 0 Å². The van der Waals surface area contributed by atoms with Gasteiger partial charge in [0.2, 0.25) is 10.0 Å². The van der Waals surface area contributed by atoms with E-state index < -0.39 is 15.9 Å². The Morgan fingerprint density at radius 3 is 2.14 bits per heavy atom. The van der Waals surface area contributed by atoms with Gasteiger partial charge in [-0.3, -0.25) is 4.79 Å². The quantitative estimate of drug-likeness (QED) is 0.445. The van der Waals surface area contributed by atoms with E-state index in [2.05, 4.69) is 5.32 Å². The molecule has 0 heterocycles. The lowest BCUT2D eigenvalue weighted by Gasteiger charge is -2.15. The maximum Gasteiger partial charge on any atom is 0.250 e. The van der Waals surface area contributed by atoms with Gasteiger partial charge in [-0.25, -0.2) is 13.6 Å². The highest BCUT2D eigenvalue weighted by Gasteiger charge is 2.14. The third kappa shape index (κ3) is 4.86. The maximum atomic E-state index is 11.8. The second kappa shape index (κ2) is 8.12. The molecular weight excluding hydrogens is 412 g/mol. The number of primary sulfonamides is 1. The summed E-state index contributed by atoms with van der Waals surface area (Å²) in [5.74, 6) is -0.640. The average molecular weight is 431 g/mol. The van der Waals surface area contributed by atoms with Crippen LogP contribution < -0.4 is 21.9 Å². The Morgan fingerprint density at radius 1 is 0.966 bits per heavy atom. The van der Waals surface area contributed by atoms with Crippen molar-refractivity contribution in [3.8, 4) is 11.1 Å². The molecule has 3 rings (SSSR count). The second-order valence-electron chi connectivity index (χ2n) is 6.40. The lowest BCUT2D eigenvalue weighted by atomic mass is 10.00. The molecule has 150 valence electrons. The minimum Gasteiger partial charge on any atom is -0.396 e. The zero-order valence-corrected chi connectivity index (χ0v) is 16.8. The van der Waals surface area contributed by atoms with Gasteiger partial charge in [-0.2, -0.15) is 0 Å². The van der Waals surface area contributed by atoms with E-state index in [9.17, 15) is 13.2 Å². The van der Waals surface area contributed by atoms with E-state index in [1.807, 2.05) is 18.2 Å². The summed E-state index contributed by atoms with van der Waals surface area (Å²) in [5, 5.41) is 8.87. The molecule has 29 heavy (non-hydrogen) atoms. The first kappa shape index (κ1) is 20.7. The number of nitrogens with two attached hydrogens (primary N) is 3. The molecule has 0 radical (unpaired) electrons. The molecule has 0 aliphatic rings. The van der Waals surface area contributed by atoms with Gasteiger partial charge in [0.25, 0.3) is 5.91 Å². The highest BCUT2D eigenvalue weighted by Crippen LogP contribution is 2.32. The molecule has 0 aliphatic carbocycles. The van der Waals surface area contributed by atoms with E-state index in [0.29, 0.717) is 17.3 Å². The predicted molar refractivity (Wildman–Crippen MR) is 115 cm³/mol. The molecule has 0 aliphatic heterocycles. The Bertz CT molecular complexity index is 1160. The van der Waals surface area contributed by atoms with Crippen molar-refractivity contribution >= 4 is 38.9 Å². The van der Waals surface area contributed by atoms with Gasteiger partial charge in [-0.15, -0.1) is 0 Å². The topological polar surface area (TPSA) is 141 Å². The van der Waals surface area contributed by atoms with Crippen molar-refractivity contribution in [2.75, 3.05) is 11.1 Å². The minimum atomic E-state index is -3.75. The molecule has 3 aromatic rings. The summed E-state index contributed by atoms with van der Waals surface area (Å²) < 4.78 is 22.7. The van der Waals surface area contributed by atoms with Gasteiger partial charge in [0.15, 0.2) is 0 Å². The second-order valence-corrected chi connectivity index (χ2v) is 8.40. The third-order valence-corrected chi connectivity index (χ3v) is 5.54. The standard InChI is InChI=1S/C20H19ClN4O3S/c21-15-5-3-13(4-6-15)14-9-17(20(23)26)19(22)18(10-14)25-11-12-1-7-16(8-2-12)29(24,27)28/h1-10,25H,11,22H2,(H2,23,26)(H2,24,27,28). The summed E-state index contributed by atoms with van der Waals surface area (Å²) in [5.41, 5.74) is 15.0. The summed E-state index contributed by atoms with van der Waals surface area (Å²) >= 11 is 5.94. The Morgan fingerprint density at radius 2 is 1.59 bits per heavy atom. The number of carbonyl (C=O) groups is 1. The summed E-state index contributed by atoms with van der Waals surface area (Å²) in [6.07, 6.45) is 0. The zero-order chi connectivity index (χ0) is 21.2. The molecule has 1 amide bonds. The summed E-state index contributed by atoms with van der Waals surface area (Å²) in [4.78, 5) is 11.9. The van der Waals surface area contributed by atoms with Gasteiger partial charge in [0, 0.05) is 11.6 Å². The van der Waals surface area contributed by atoms with E-state index in [4.69, 9.17) is 28.2 Å². The van der Waals surface area contributed by atoms with Crippen molar-refractivity contribution in [1.29, 1.82) is 0 Å². The monoisotopic (exact) mass is 430 g/mol. The predicted octanol–water partition coefficient (Wildman–Crippen LogP) is 2.95. The lowest BCUT2D eigenvalue weighted by molar-refractivity contribution is 0.100. The summed E-state index contributed by atoms with van der Waals surface area (Å²) in [7, 11) is -3.75. The summed E-state index contributed by atoms with van der Waals surface area (Å²) in [6, 6.07) is 16.7. The van der Waals surface area contributed by atoms with Crippen molar-refractivity contribution in [3.63, 3.8) is 0 Å². The number of benzene rings is 3. The number of carbonyl (C=O) groups excluding carboxylic acids is 1.